The third-order valence-electron chi connectivity index (χ3n) is 4.26. The zero-order valence-electron chi connectivity index (χ0n) is 29.7. The lowest BCUT2D eigenvalue weighted by molar-refractivity contribution is 0.127. The van der Waals surface area contributed by atoms with Crippen LogP contribution >= 0.6 is 0 Å². The molecule has 2 amide bonds. The first-order chi connectivity index (χ1) is 19.5. The minimum Gasteiger partial charge on any atom is -0.493 e. The fraction of sp³-hybridized carbons (Fsp3) is 0.480. The molecule has 0 saturated carbocycles. The van der Waals surface area contributed by atoms with Crippen molar-refractivity contribution in [1.82, 2.24) is 15.1 Å². The quantitative estimate of drug-likeness (QED) is 0.650. The second kappa shape index (κ2) is 11.1. The minimum absolute atomic E-state index is 0.0217. The molecule has 31 heavy (non-hydrogen) atoms. The number of nitrogens with zero attached hydrogens (tertiary/aromatic N) is 2. The summed E-state index contributed by atoms with van der Waals surface area (Å²) in [5, 5.41) is 1.93. The van der Waals surface area contributed by atoms with Crippen molar-refractivity contribution in [1.29, 1.82) is 0 Å². The van der Waals surface area contributed by atoms with Gasteiger partial charge >= 0.3 is 6.03 Å². The van der Waals surface area contributed by atoms with E-state index in [0.29, 0.717) is 4.90 Å². The summed E-state index contributed by atoms with van der Waals surface area (Å²) >= 11 is 0. The SMILES string of the molecule is [2H]c1c([2H])c(C([2H])([2H])NC(=O)N(C2CC([2H])([2H])N(C)C([2H])([2H])C2)C([2H])([2H])c2ccc(F)cc2)c([2H])c([2H])c1OCC(C)C. The molecule has 168 valence electrons. The number of ether oxygens (including phenoxy) is 1. The number of amides is 2. The average Bonchev–Trinajstić information content (AvgIpc) is 2.85. The standard InChI is InChI=1S/C25H34FN3O2/c1-19(2)18-31-24-10-6-20(7-11-24)16-27-25(30)29(23-12-14-28(3)15-13-23)17-21-4-8-22(26)9-5-21/h4-11,19,23H,12-18H2,1-3H3,(H,27,30)/i6D,7D,10D,11D,14D2,15D2,16D2,17D2. The Morgan fingerprint density at radius 1 is 1.26 bits per heavy atom. The lowest BCUT2D eigenvalue weighted by Gasteiger charge is -2.37. The van der Waals surface area contributed by atoms with Crippen LogP contribution in [0.15, 0.2) is 48.4 Å². The van der Waals surface area contributed by atoms with E-state index in [2.05, 4.69) is 0 Å². The van der Waals surface area contributed by atoms with E-state index in [1.165, 1.54) is 7.05 Å². The molecule has 0 unspecified atom stereocenters. The second-order valence-corrected chi connectivity index (χ2v) is 7.39. The van der Waals surface area contributed by atoms with Crippen LogP contribution in [0.1, 0.15) is 54.3 Å². The predicted octanol–water partition coefficient (Wildman–Crippen LogP) is 4.67. The number of urea groups is 1. The second-order valence-electron chi connectivity index (χ2n) is 7.39. The molecule has 2 aromatic rings. The number of carbonyl (C=O) groups is 1. The fourth-order valence-corrected chi connectivity index (χ4v) is 2.63. The summed E-state index contributed by atoms with van der Waals surface area (Å²) < 4.78 is 121. The van der Waals surface area contributed by atoms with Crippen LogP contribution in [0, 0.1) is 11.7 Å². The molecule has 3 rings (SSSR count). The molecule has 2 aromatic carbocycles. The molecule has 0 aliphatic carbocycles. The topological polar surface area (TPSA) is 44.8 Å². The van der Waals surface area contributed by atoms with Gasteiger partial charge in [-0.05, 0) is 74.1 Å². The zero-order chi connectivity index (χ0) is 32.9. The molecule has 0 atom stereocenters. The van der Waals surface area contributed by atoms with Gasteiger partial charge in [-0.15, -0.1) is 0 Å². The van der Waals surface area contributed by atoms with E-state index < -0.39 is 92.2 Å². The highest BCUT2D eigenvalue weighted by atomic mass is 19.1. The summed E-state index contributed by atoms with van der Waals surface area (Å²) in [5.41, 5.74) is -1.12. The number of benzene rings is 2. The van der Waals surface area contributed by atoms with Crippen molar-refractivity contribution < 1.29 is 30.4 Å². The highest BCUT2D eigenvalue weighted by Gasteiger charge is 2.27. The first kappa shape index (κ1) is 11.9. The summed E-state index contributed by atoms with van der Waals surface area (Å²) in [4.78, 5) is 15.1. The Labute approximate surface area is 202 Å². The molecule has 5 nitrogen and oxygen atoms in total. The molecular formula is C25H34FN3O2. The number of carbonyl (C=O) groups excluding carboxylic acids is 1. The summed E-state index contributed by atoms with van der Waals surface area (Å²) in [5.74, 6) is -1.13. The van der Waals surface area contributed by atoms with Crippen molar-refractivity contribution in [2.45, 2.75) is 45.7 Å². The van der Waals surface area contributed by atoms with Gasteiger partial charge in [-0.2, -0.15) is 0 Å². The number of rotatable bonds is 8. The van der Waals surface area contributed by atoms with E-state index in [0.717, 1.165) is 29.2 Å². The lowest BCUT2D eigenvalue weighted by atomic mass is 10.0. The van der Waals surface area contributed by atoms with E-state index >= 15 is 0 Å². The van der Waals surface area contributed by atoms with Gasteiger partial charge < -0.3 is 19.9 Å². The van der Waals surface area contributed by atoms with Crippen molar-refractivity contribution >= 4 is 6.03 Å². The van der Waals surface area contributed by atoms with Gasteiger partial charge in [0.05, 0.1) is 17.6 Å². The van der Waals surface area contributed by atoms with Crippen molar-refractivity contribution in [3.63, 3.8) is 0 Å². The van der Waals surface area contributed by atoms with Crippen molar-refractivity contribution in [2.24, 2.45) is 5.92 Å². The number of nitrogens with one attached hydrogen (secondary N) is 1. The number of piperidine rings is 1. The summed E-state index contributed by atoms with van der Waals surface area (Å²) in [6.07, 6.45) is -1.16. The fourth-order valence-electron chi connectivity index (χ4n) is 2.63. The van der Waals surface area contributed by atoms with E-state index in [1.54, 1.807) is 13.8 Å². The zero-order valence-corrected chi connectivity index (χ0v) is 17.7. The molecule has 1 saturated heterocycles. The molecule has 1 aliphatic heterocycles. The lowest BCUT2D eigenvalue weighted by Crippen LogP contribution is -2.49. The first-order valence-corrected chi connectivity index (χ1v) is 9.89. The Morgan fingerprint density at radius 2 is 1.90 bits per heavy atom. The Bertz CT molecular complexity index is 1310. The Hall–Kier alpha value is -2.60. The third kappa shape index (κ3) is 7.24. The van der Waals surface area contributed by atoms with Crippen LogP contribution in [-0.2, 0) is 13.0 Å². The van der Waals surface area contributed by atoms with Crippen LogP contribution in [0.3, 0.4) is 0 Å². The highest BCUT2D eigenvalue weighted by molar-refractivity contribution is 5.74. The van der Waals surface area contributed by atoms with Gasteiger partial charge in [0, 0.05) is 24.5 Å². The molecule has 1 fully saturated rings. The van der Waals surface area contributed by atoms with Crippen LogP contribution in [0.25, 0.3) is 0 Å². The molecule has 1 aliphatic rings. The van der Waals surface area contributed by atoms with E-state index in [-0.39, 0.29) is 18.1 Å². The third-order valence-corrected chi connectivity index (χ3v) is 4.26. The molecule has 0 radical (unpaired) electrons. The molecule has 0 bridgehead atoms. The maximum atomic E-state index is 13.8. The summed E-state index contributed by atoms with van der Waals surface area (Å²) in [6, 6.07) is -2.09. The predicted molar refractivity (Wildman–Crippen MR) is 121 cm³/mol. The molecule has 1 N–H and O–H groups in total. The number of likely N-dealkylation sites (tertiary alicyclic amines) is 1. The number of hydrogen-bond donors (Lipinski definition) is 1. The van der Waals surface area contributed by atoms with Crippen LogP contribution in [0.4, 0.5) is 9.18 Å². The van der Waals surface area contributed by atoms with Crippen LogP contribution in [0.2, 0.25) is 0 Å². The van der Waals surface area contributed by atoms with E-state index in [4.69, 9.17) is 21.2 Å². The normalized spacial score (nSPS) is 24.9. The van der Waals surface area contributed by atoms with Gasteiger partial charge in [-0.1, -0.05) is 38.1 Å². The van der Waals surface area contributed by atoms with Crippen molar-refractivity contribution in [3.05, 3.63) is 65.4 Å². The summed E-state index contributed by atoms with van der Waals surface area (Å²) in [7, 11) is 1.20. The van der Waals surface area contributed by atoms with Gasteiger partial charge in [0.15, 0.2) is 0 Å². The van der Waals surface area contributed by atoms with Crippen LogP contribution < -0.4 is 10.1 Å². The largest absolute Gasteiger partial charge is 0.493 e. The maximum absolute atomic E-state index is 13.8. The van der Waals surface area contributed by atoms with E-state index in [9.17, 15) is 9.18 Å². The molecule has 0 spiro atoms. The molecule has 6 heteroatoms. The average molecular weight is 440 g/mol. The smallest absolute Gasteiger partial charge is 0.318 e. The molecular weight excluding hydrogens is 393 g/mol. The first-order valence-electron chi connectivity index (χ1n) is 15.9. The minimum atomic E-state index is -3.13. The Morgan fingerprint density at radius 3 is 2.52 bits per heavy atom. The van der Waals surface area contributed by atoms with E-state index in [1.807, 2.05) is 5.32 Å². The highest BCUT2D eigenvalue weighted by Crippen LogP contribution is 2.19. The summed E-state index contributed by atoms with van der Waals surface area (Å²) in [6.45, 7) is -7.05. The number of halogens is 1. The van der Waals surface area contributed by atoms with Gasteiger partial charge in [-0.3, -0.25) is 0 Å². The van der Waals surface area contributed by atoms with Crippen molar-refractivity contribution in [2.75, 3.05) is 26.6 Å². The van der Waals surface area contributed by atoms with Gasteiger partial charge in [0.2, 0.25) is 0 Å². The molecule has 1 heterocycles. The monoisotopic (exact) mass is 439 g/mol. The van der Waals surface area contributed by atoms with Gasteiger partial charge in [0.25, 0.3) is 0 Å². The Balaban J connectivity index is 2.11. The van der Waals surface area contributed by atoms with Crippen molar-refractivity contribution in [3.8, 4) is 5.75 Å². The van der Waals surface area contributed by atoms with Gasteiger partial charge in [0.1, 0.15) is 11.6 Å². The van der Waals surface area contributed by atoms with Crippen LogP contribution in [0.5, 0.6) is 5.75 Å². The maximum Gasteiger partial charge on any atom is 0.318 e. The number of hydrogen-bond acceptors (Lipinski definition) is 3. The molecule has 0 aromatic heterocycles. The van der Waals surface area contributed by atoms with Crippen LogP contribution in [-0.4, -0.2) is 48.5 Å². The Kier molecular flexibility index (Phi) is 4.26. The van der Waals surface area contributed by atoms with Gasteiger partial charge in [-0.25, -0.2) is 9.18 Å².